The summed E-state index contributed by atoms with van der Waals surface area (Å²) in [6, 6.07) is 1.19. The van der Waals surface area contributed by atoms with E-state index in [0.29, 0.717) is 12.1 Å². The molecule has 1 heterocycles. The van der Waals surface area contributed by atoms with Gasteiger partial charge in [0.05, 0.1) is 6.10 Å². The van der Waals surface area contributed by atoms with E-state index in [0.717, 1.165) is 31.7 Å². The molecule has 0 aromatic heterocycles. The van der Waals surface area contributed by atoms with E-state index < -0.39 is 0 Å². The summed E-state index contributed by atoms with van der Waals surface area (Å²) in [6.45, 7) is 4.67. The van der Waals surface area contributed by atoms with Gasteiger partial charge in [-0.05, 0) is 32.2 Å². The summed E-state index contributed by atoms with van der Waals surface area (Å²) in [4.78, 5) is 2.38. The molecule has 2 unspecified atom stereocenters. The highest BCUT2D eigenvalue weighted by molar-refractivity contribution is 4.90. The smallest absolute Gasteiger partial charge is 0.0555 e. The van der Waals surface area contributed by atoms with Crippen LogP contribution in [0, 0.1) is 5.92 Å². The van der Waals surface area contributed by atoms with Gasteiger partial charge in [-0.2, -0.15) is 0 Å². The predicted octanol–water partition coefficient (Wildman–Crippen LogP) is 0.439. The molecule has 1 saturated carbocycles. The number of nitrogens with one attached hydrogen (secondary N) is 1. The Hall–Kier alpha value is -0.120. The van der Waals surface area contributed by atoms with Crippen LogP contribution >= 0.6 is 0 Å². The lowest BCUT2D eigenvalue weighted by atomic mass is 10.1. The monoisotopic (exact) mass is 198 g/mol. The topological polar surface area (TPSA) is 35.5 Å². The largest absolute Gasteiger partial charge is 0.393 e. The third-order valence-electron chi connectivity index (χ3n) is 3.65. The highest BCUT2D eigenvalue weighted by Gasteiger charge is 2.31. The van der Waals surface area contributed by atoms with E-state index in [4.69, 9.17) is 0 Å². The van der Waals surface area contributed by atoms with Crippen LogP contribution in [0.15, 0.2) is 0 Å². The van der Waals surface area contributed by atoms with Crippen LogP contribution in [0.4, 0.5) is 0 Å². The first-order chi connectivity index (χ1) is 6.65. The van der Waals surface area contributed by atoms with Crippen LogP contribution in [0.2, 0.25) is 0 Å². The average molecular weight is 198 g/mol. The molecule has 0 radical (unpaired) electrons. The van der Waals surface area contributed by atoms with Crippen LogP contribution in [-0.4, -0.2) is 48.3 Å². The lowest BCUT2D eigenvalue weighted by Gasteiger charge is -2.21. The summed E-state index contributed by atoms with van der Waals surface area (Å²) >= 11 is 0. The third-order valence-corrected chi connectivity index (χ3v) is 3.65. The Labute approximate surface area is 86.5 Å². The van der Waals surface area contributed by atoms with Gasteiger partial charge in [0.25, 0.3) is 0 Å². The van der Waals surface area contributed by atoms with Crippen molar-refractivity contribution in [3.63, 3.8) is 0 Å². The van der Waals surface area contributed by atoms with Gasteiger partial charge in [-0.25, -0.2) is 0 Å². The van der Waals surface area contributed by atoms with E-state index in [1.807, 2.05) is 0 Å². The van der Waals surface area contributed by atoms with Gasteiger partial charge >= 0.3 is 0 Å². The molecule has 3 nitrogen and oxygen atoms in total. The number of nitrogens with zero attached hydrogens (tertiary/aromatic N) is 1. The van der Waals surface area contributed by atoms with Gasteiger partial charge in [0.1, 0.15) is 0 Å². The zero-order valence-electron chi connectivity index (χ0n) is 9.24. The second-order valence-corrected chi connectivity index (χ2v) is 5.14. The predicted molar refractivity (Wildman–Crippen MR) is 57.2 cm³/mol. The van der Waals surface area contributed by atoms with Crippen LogP contribution in [0.5, 0.6) is 0 Å². The molecule has 2 fully saturated rings. The number of aliphatic hydroxyl groups is 1. The first-order valence-corrected chi connectivity index (χ1v) is 5.78. The molecule has 82 valence electrons. The average Bonchev–Trinajstić information content (AvgIpc) is 2.61. The van der Waals surface area contributed by atoms with Crippen LogP contribution in [-0.2, 0) is 0 Å². The van der Waals surface area contributed by atoms with Crippen molar-refractivity contribution in [2.24, 2.45) is 5.92 Å². The standard InChI is InChI=1S/C11H22N2O/c1-8-6-13(2)7-11(8)12-9-3-4-10(14)5-9/h8-12,14H,3-7H2,1-2H3/t8?,9-,10+,11?/m0/s1. The van der Waals surface area contributed by atoms with E-state index in [2.05, 4.69) is 24.2 Å². The minimum absolute atomic E-state index is 0.0538. The van der Waals surface area contributed by atoms with E-state index >= 15 is 0 Å². The molecule has 0 aromatic rings. The van der Waals surface area contributed by atoms with Gasteiger partial charge in [-0.3, -0.25) is 0 Å². The number of likely N-dealkylation sites (tertiary alicyclic amines) is 1. The fourth-order valence-corrected chi connectivity index (χ4v) is 2.84. The fourth-order valence-electron chi connectivity index (χ4n) is 2.84. The van der Waals surface area contributed by atoms with Crippen LogP contribution in [0.25, 0.3) is 0 Å². The summed E-state index contributed by atoms with van der Waals surface area (Å²) in [5, 5.41) is 13.1. The quantitative estimate of drug-likeness (QED) is 0.676. The Morgan fingerprint density at radius 1 is 1.29 bits per heavy atom. The van der Waals surface area contributed by atoms with Gasteiger partial charge in [0, 0.05) is 25.2 Å². The molecule has 0 bridgehead atoms. The number of rotatable bonds is 2. The maximum atomic E-state index is 9.44. The fraction of sp³-hybridized carbons (Fsp3) is 1.00. The SMILES string of the molecule is CC1CN(C)CC1N[C@H]1CC[C@@H](O)C1. The number of aliphatic hydroxyl groups excluding tert-OH is 1. The summed E-state index contributed by atoms with van der Waals surface area (Å²) in [5.74, 6) is 0.748. The highest BCUT2D eigenvalue weighted by Crippen LogP contribution is 2.22. The Morgan fingerprint density at radius 2 is 2.07 bits per heavy atom. The number of hydrogen-bond donors (Lipinski definition) is 2. The van der Waals surface area contributed by atoms with Gasteiger partial charge < -0.3 is 15.3 Å². The van der Waals surface area contributed by atoms with E-state index in [9.17, 15) is 5.11 Å². The van der Waals surface area contributed by atoms with Crippen molar-refractivity contribution in [2.45, 2.75) is 44.4 Å². The normalized spacial score (nSPS) is 44.8. The first-order valence-electron chi connectivity index (χ1n) is 5.78. The molecule has 1 saturated heterocycles. The van der Waals surface area contributed by atoms with Crippen molar-refractivity contribution < 1.29 is 5.11 Å². The second-order valence-electron chi connectivity index (χ2n) is 5.14. The highest BCUT2D eigenvalue weighted by atomic mass is 16.3. The molecule has 1 aliphatic heterocycles. The number of hydrogen-bond acceptors (Lipinski definition) is 3. The van der Waals surface area contributed by atoms with Crippen molar-refractivity contribution in [3.8, 4) is 0 Å². The molecule has 4 atom stereocenters. The van der Waals surface area contributed by atoms with Gasteiger partial charge in [-0.1, -0.05) is 6.92 Å². The first kappa shape index (κ1) is 10.4. The molecule has 2 N–H and O–H groups in total. The maximum Gasteiger partial charge on any atom is 0.0555 e. The Kier molecular flexibility index (Phi) is 3.10. The lowest BCUT2D eigenvalue weighted by molar-refractivity contribution is 0.178. The van der Waals surface area contributed by atoms with Crippen LogP contribution < -0.4 is 5.32 Å². The minimum Gasteiger partial charge on any atom is -0.393 e. The van der Waals surface area contributed by atoms with Crippen molar-refractivity contribution in [2.75, 3.05) is 20.1 Å². The van der Waals surface area contributed by atoms with E-state index in [1.165, 1.54) is 6.54 Å². The van der Waals surface area contributed by atoms with Gasteiger partial charge in [0.15, 0.2) is 0 Å². The molecule has 2 aliphatic rings. The molecular weight excluding hydrogens is 176 g/mol. The van der Waals surface area contributed by atoms with Crippen molar-refractivity contribution in [1.82, 2.24) is 10.2 Å². The minimum atomic E-state index is -0.0538. The molecule has 1 aliphatic carbocycles. The Morgan fingerprint density at radius 3 is 2.57 bits per heavy atom. The zero-order chi connectivity index (χ0) is 10.1. The van der Waals surface area contributed by atoms with Gasteiger partial charge in [0.2, 0.25) is 0 Å². The Bertz CT molecular complexity index is 198. The Balaban J connectivity index is 1.80. The van der Waals surface area contributed by atoms with Crippen LogP contribution in [0.3, 0.4) is 0 Å². The number of likely N-dealkylation sites (N-methyl/N-ethyl adjacent to an activating group) is 1. The second kappa shape index (κ2) is 4.17. The molecule has 0 aromatic carbocycles. The molecule has 0 amide bonds. The summed E-state index contributed by atoms with van der Waals surface area (Å²) in [5.41, 5.74) is 0. The zero-order valence-corrected chi connectivity index (χ0v) is 9.24. The van der Waals surface area contributed by atoms with Crippen molar-refractivity contribution >= 4 is 0 Å². The summed E-state index contributed by atoms with van der Waals surface area (Å²) in [7, 11) is 2.18. The van der Waals surface area contributed by atoms with Crippen molar-refractivity contribution in [1.29, 1.82) is 0 Å². The summed E-state index contributed by atoms with van der Waals surface area (Å²) < 4.78 is 0. The van der Waals surface area contributed by atoms with Crippen molar-refractivity contribution in [3.05, 3.63) is 0 Å². The van der Waals surface area contributed by atoms with Gasteiger partial charge in [-0.15, -0.1) is 0 Å². The molecule has 2 rings (SSSR count). The lowest BCUT2D eigenvalue weighted by Crippen LogP contribution is -2.41. The van der Waals surface area contributed by atoms with E-state index in [1.54, 1.807) is 0 Å². The van der Waals surface area contributed by atoms with Crippen LogP contribution in [0.1, 0.15) is 26.2 Å². The summed E-state index contributed by atoms with van der Waals surface area (Å²) in [6.07, 6.45) is 3.03. The molecule has 14 heavy (non-hydrogen) atoms. The molecule has 0 spiro atoms. The maximum absolute atomic E-state index is 9.44. The molecule has 3 heteroatoms. The van der Waals surface area contributed by atoms with E-state index in [-0.39, 0.29) is 6.10 Å². The third kappa shape index (κ3) is 2.27. The molecular formula is C11H22N2O.